The molecule has 0 unspecified atom stereocenters. The van der Waals surface area contributed by atoms with Crippen LogP contribution < -0.4 is 0 Å². The summed E-state index contributed by atoms with van der Waals surface area (Å²) in [6, 6.07) is 10.5. The number of cyclic esters (lactones) is 1. The normalized spacial score (nSPS) is 24.2. The van der Waals surface area contributed by atoms with Crippen LogP contribution in [0, 0.1) is 0 Å². The lowest BCUT2D eigenvalue weighted by Crippen LogP contribution is -2.09. The first-order chi connectivity index (χ1) is 7.84. The van der Waals surface area contributed by atoms with Gasteiger partial charge < -0.3 is 4.74 Å². The van der Waals surface area contributed by atoms with Crippen LogP contribution in [-0.2, 0) is 9.53 Å². The smallest absolute Gasteiger partial charge is 0.334 e. The molecule has 1 heterocycles. The third-order valence-electron chi connectivity index (χ3n) is 3.56. The number of benzene rings is 1. The fourth-order valence-corrected chi connectivity index (χ4v) is 2.66. The predicted molar refractivity (Wildman–Crippen MR) is 61.0 cm³/mol. The van der Waals surface area contributed by atoms with Crippen molar-refractivity contribution in [3.05, 3.63) is 47.0 Å². The lowest BCUT2D eigenvalue weighted by atomic mass is 9.81. The van der Waals surface area contributed by atoms with Crippen molar-refractivity contribution in [3.8, 4) is 0 Å². The molecular formula is C14H14O2. The topological polar surface area (TPSA) is 26.3 Å². The predicted octanol–water partition coefficient (Wildman–Crippen LogP) is 2.81. The van der Waals surface area contributed by atoms with E-state index in [0.717, 1.165) is 24.8 Å². The average molecular weight is 214 g/mol. The Morgan fingerprint density at radius 2 is 2.00 bits per heavy atom. The van der Waals surface area contributed by atoms with Crippen molar-refractivity contribution in [1.29, 1.82) is 0 Å². The van der Waals surface area contributed by atoms with Crippen molar-refractivity contribution in [3.63, 3.8) is 0 Å². The Bertz CT molecular complexity index is 445. The number of esters is 1. The van der Waals surface area contributed by atoms with Crippen molar-refractivity contribution in [2.45, 2.75) is 25.2 Å². The van der Waals surface area contributed by atoms with Crippen LogP contribution in [0.1, 0.15) is 30.7 Å². The molecule has 0 amide bonds. The molecule has 0 saturated carbocycles. The molecule has 0 bridgehead atoms. The van der Waals surface area contributed by atoms with E-state index in [2.05, 4.69) is 24.3 Å². The molecular weight excluding hydrogens is 200 g/mol. The summed E-state index contributed by atoms with van der Waals surface area (Å²) < 4.78 is 5.07. The lowest BCUT2D eigenvalue weighted by Gasteiger charge is -2.22. The Kier molecular flexibility index (Phi) is 2.28. The molecule has 82 valence electrons. The van der Waals surface area contributed by atoms with Gasteiger partial charge in [0.2, 0.25) is 0 Å². The molecule has 0 saturated heterocycles. The van der Waals surface area contributed by atoms with Crippen molar-refractivity contribution in [2.75, 3.05) is 6.61 Å². The van der Waals surface area contributed by atoms with Gasteiger partial charge in [-0.1, -0.05) is 30.3 Å². The first-order valence-corrected chi connectivity index (χ1v) is 5.77. The van der Waals surface area contributed by atoms with Crippen LogP contribution >= 0.6 is 0 Å². The maximum atomic E-state index is 11.4. The van der Waals surface area contributed by atoms with Crippen LogP contribution in [0.4, 0.5) is 0 Å². The summed E-state index contributed by atoms with van der Waals surface area (Å²) in [7, 11) is 0. The molecule has 1 aliphatic carbocycles. The summed E-state index contributed by atoms with van der Waals surface area (Å²) in [6.45, 7) is 0.525. The quantitative estimate of drug-likeness (QED) is 0.672. The van der Waals surface area contributed by atoms with E-state index in [1.807, 2.05) is 6.07 Å². The number of ether oxygens (including phenoxy) is 1. The molecule has 0 aromatic heterocycles. The fourth-order valence-electron chi connectivity index (χ4n) is 2.66. The average Bonchev–Trinajstić information content (AvgIpc) is 2.72. The Labute approximate surface area is 94.9 Å². The Hall–Kier alpha value is -1.57. The van der Waals surface area contributed by atoms with Crippen LogP contribution in [-0.4, -0.2) is 12.6 Å². The van der Waals surface area contributed by atoms with Gasteiger partial charge in [-0.3, -0.25) is 0 Å². The zero-order valence-electron chi connectivity index (χ0n) is 9.11. The van der Waals surface area contributed by atoms with Crippen molar-refractivity contribution in [1.82, 2.24) is 0 Å². The highest BCUT2D eigenvalue weighted by Crippen LogP contribution is 2.38. The molecule has 2 nitrogen and oxygen atoms in total. The molecule has 1 aromatic carbocycles. The standard InChI is InChI=1S/C14H14O2/c15-14-13-7-6-11(8-12(13)9-16-14)10-4-2-1-3-5-10/h1-5,11H,6-9H2/t11-/m0/s1. The first kappa shape index (κ1) is 9.64. The SMILES string of the molecule is O=C1OCC2=C1CC[C@H](c1ccccc1)C2. The largest absolute Gasteiger partial charge is 0.458 e. The number of carbonyl (C=O) groups is 1. The van der Waals surface area contributed by atoms with Gasteiger partial charge in [0, 0.05) is 5.57 Å². The summed E-state index contributed by atoms with van der Waals surface area (Å²) >= 11 is 0. The van der Waals surface area contributed by atoms with E-state index >= 15 is 0 Å². The summed E-state index contributed by atoms with van der Waals surface area (Å²) in [5, 5.41) is 0. The van der Waals surface area contributed by atoms with Crippen molar-refractivity contribution < 1.29 is 9.53 Å². The Morgan fingerprint density at radius 1 is 1.19 bits per heavy atom. The second-order valence-corrected chi connectivity index (χ2v) is 4.51. The number of rotatable bonds is 1. The van der Waals surface area contributed by atoms with Crippen LogP contribution in [0.3, 0.4) is 0 Å². The van der Waals surface area contributed by atoms with Gasteiger partial charge in [-0.05, 0) is 36.3 Å². The van der Waals surface area contributed by atoms with Crippen molar-refractivity contribution in [2.24, 2.45) is 0 Å². The molecule has 0 N–H and O–H groups in total. The van der Waals surface area contributed by atoms with Gasteiger partial charge in [-0.15, -0.1) is 0 Å². The van der Waals surface area contributed by atoms with Gasteiger partial charge in [0.25, 0.3) is 0 Å². The Balaban J connectivity index is 1.84. The molecule has 0 spiro atoms. The zero-order valence-corrected chi connectivity index (χ0v) is 9.11. The molecule has 0 fully saturated rings. The minimum atomic E-state index is -0.0819. The van der Waals surface area contributed by atoms with E-state index < -0.39 is 0 Å². The highest BCUT2D eigenvalue weighted by atomic mass is 16.5. The van der Waals surface area contributed by atoms with Gasteiger partial charge >= 0.3 is 5.97 Å². The summed E-state index contributed by atoms with van der Waals surface area (Å²) in [5.74, 6) is 0.482. The molecule has 2 heteroatoms. The maximum absolute atomic E-state index is 11.4. The number of hydrogen-bond donors (Lipinski definition) is 0. The molecule has 1 aromatic rings. The van der Waals surface area contributed by atoms with Gasteiger partial charge in [-0.2, -0.15) is 0 Å². The zero-order chi connectivity index (χ0) is 11.0. The molecule has 1 atom stereocenters. The van der Waals surface area contributed by atoms with Crippen LogP contribution in [0.5, 0.6) is 0 Å². The monoisotopic (exact) mass is 214 g/mol. The van der Waals surface area contributed by atoms with Gasteiger partial charge in [-0.25, -0.2) is 4.79 Å². The third kappa shape index (κ3) is 1.54. The molecule has 16 heavy (non-hydrogen) atoms. The van der Waals surface area contributed by atoms with E-state index in [1.54, 1.807) is 0 Å². The molecule has 2 aliphatic rings. The minimum Gasteiger partial charge on any atom is -0.458 e. The van der Waals surface area contributed by atoms with E-state index in [0.29, 0.717) is 12.5 Å². The van der Waals surface area contributed by atoms with Crippen LogP contribution in [0.2, 0.25) is 0 Å². The van der Waals surface area contributed by atoms with Gasteiger partial charge in [0.05, 0.1) is 0 Å². The Morgan fingerprint density at radius 3 is 2.81 bits per heavy atom. The van der Waals surface area contributed by atoms with Crippen molar-refractivity contribution >= 4 is 5.97 Å². The second-order valence-electron chi connectivity index (χ2n) is 4.51. The summed E-state index contributed by atoms with van der Waals surface area (Å²) in [6.07, 6.45) is 2.94. The first-order valence-electron chi connectivity index (χ1n) is 5.77. The van der Waals surface area contributed by atoms with Gasteiger partial charge in [0.1, 0.15) is 6.61 Å². The summed E-state index contributed by atoms with van der Waals surface area (Å²) in [4.78, 5) is 11.4. The molecule has 0 radical (unpaired) electrons. The van der Waals surface area contributed by atoms with Crippen LogP contribution in [0.15, 0.2) is 41.5 Å². The highest BCUT2D eigenvalue weighted by Gasteiger charge is 2.31. The second kappa shape index (κ2) is 3.78. The molecule has 1 aliphatic heterocycles. The number of carbonyl (C=O) groups excluding carboxylic acids is 1. The third-order valence-corrected chi connectivity index (χ3v) is 3.56. The lowest BCUT2D eigenvalue weighted by molar-refractivity contribution is -0.136. The van der Waals surface area contributed by atoms with E-state index in [1.165, 1.54) is 11.1 Å². The van der Waals surface area contributed by atoms with E-state index in [9.17, 15) is 4.79 Å². The van der Waals surface area contributed by atoms with Gasteiger partial charge in [0.15, 0.2) is 0 Å². The fraction of sp³-hybridized carbons (Fsp3) is 0.357. The van der Waals surface area contributed by atoms with E-state index in [4.69, 9.17) is 4.74 Å². The highest BCUT2D eigenvalue weighted by molar-refractivity contribution is 5.92. The van der Waals surface area contributed by atoms with E-state index in [-0.39, 0.29) is 5.97 Å². The number of hydrogen-bond acceptors (Lipinski definition) is 2. The maximum Gasteiger partial charge on any atom is 0.334 e. The molecule has 3 rings (SSSR count). The minimum absolute atomic E-state index is 0.0819. The van der Waals surface area contributed by atoms with Crippen LogP contribution in [0.25, 0.3) is 0 Å². The summed E-state index contributed by atoms with van der Waals surface area (Å²) in [5.41, 5.74) is 3.56.